The van der Waals surface area contributed by atoms with Crippen LogP contribution in [0.2, 0.25) is 0 Å². The molecule has 11 rings (SSSR count). The van der Waals surface area contributed by atoms with Crippen LogP contribution < -0.4 is 0 Å². The molecule has 1 heterocycles. The zero-order valence-corrected chi connectivity index (χ0v) is 30.7. The number of fused-ring (bicyclic) bond motifs is 8. The van der Waals surface area contributed by atoms with Crippen molar-refractivity contribution in [2.75, 3.05) is 0 Å². The normalized spacial score (nSPS) is 13.1. The first-order valence-corrected chi connectivity index (χ1v) is 19.1. The zero-order valence-electron chi connectivity index (χ0n) is 30.7. The topological polar surface area (TPSA) is 25.8 Å². The van der Waals surface area contributed by atoms with Crippen LogP contribution in [-0.2, 0) is 5.41 Å². The first-order valence-electron chi connectivity index (χ1n) is 19.1. The Morgan fingerprint density at radius 1 is 0.345 bits per heavy atom. The van der Waals surface area contributed by atoms with Crippen LogP contribution in [-0.4, -0.2) is 9.97 Å². The number of nitrogens with zero attached hydrogens (tertiary/aromatic N) is 2. The second kappa shape index (κ2) is 12.1. The molecule has 0 saturated heterocycles. The van der Waals surface area contributed by atoms with Gasteiger partial charge in [-0.25, -0.2) is 9.97 Å². The molecule has 0 radical (unpaired) electrons. The first kappa shape index (κ1) is 31.6. The molecule has 0 saturated carbocycles. The molecule has 0 amide bonds. The van der Waals surface area contributed by atoms with E-state index < -0.39 is 0 Å². The molecule has 0 fully saturated rings. The van der Waals surface area contributed by atoms with E-state index in [4.69, 9.17) is 9.97 Å². The van der Waals surface area contributed by atoms with E-state index in [9.17, 15) is 0 Å². The van der Waals surface area contributed by atoms with Crippen LogP contribution in [0.4, 0.5) is 0 Å². The van der Waals surface area contributed by atoms with E-state index in [0.717, 1.165) is 39.3 Å². The van der Waals surface area contributed by atoms with Gasteiger partial charge in [0.25, 0.3) is 0 Å². The molecule has 0 spiro atoms. The van der Waals surface area contributed by atoms with Crippen molar-refractivity contribution in [3.63, 3.8) is 0 Å². The van der Waals surface area contributed by atoms with Gasteiger partial charge in [-0.15, -0.1) is 0 Å². The lowest BCUT2D eigenvalue weighted by Crippen LogP contribution is -2.15. The van der Waals surface area contributed by atoms with E-state index in [1.807, 2.05) is 0 Å². The van der Waals surface area contributed by atoms with Gasteiger partial charge < -0.3 is 0 Å². The third kappa shape index (κ3) is 4.95. The monoisotopic (exact) mass is 700 g/mol. The summed E-state index contributed by atoms with van der Waals surface area (Å²) in [6.07, 6.45) is 0. The van der Waals surface area contributed by atoms with Gasteiger partial charge in [0, 0.05) is 22.1 Å². The Balaban J connectivity index is 1.10. The lowest BCUT2D eigenvalue weighted by Gasteiger charge is -2.22. The predicted octanol–water partition coefficient (Wildman–Crippen LogP) is 14.1. The molecule has 258 valence electrons. The second-order valence-electron chi connectivity index (χ2n) is 15.4. The Morgan fingerprint density at radius 3 is 1.75 bits per heavy atom. The molecule has 0 unspecified atom stereocenters. The standard InChI is InChI=1S/C53H36N2/c1-53(2)47-29-25-35-14-6-8-18-41(35)51(47)46-26-24-37(31-48(46)53)40-27-28-44(43-20-10-9-19-42(40)43)50-32-49(38-23-22-33-12-3-4-15-36(33)30-38)54-52(55-50)45-21-11-16-34-13-5-7-17-39(34)45/h3-32H,1-2H3. The highest BCUT2D eigenvalue weighted by Gasteiger charge is 2.36. The summed E-state index contributed by atoms with van der Waals surface area (Å²) in [5.74, 6) is 0.721. The van der Waals surface area contributed by atoms with Gasteiger partial charge in [-0.3, -0.25) is 0 Å². The van der Waals surface area contributed by atoms with Gasteiger partial charge in [-0.2, -0.15) is 0 Å². The van der Waals surface area contributed by atoms with Crippen molar-refractivity contribution in [1.82, 2.24) is 9.97 Å². The summed E-state index contributed by atoms with van der Waals surface area (Å²) in [4.78, 5) is 10.6. The maximum Gasteiger partial charge on any atom is 0.161 e. The molecule has 55 heavy (non-hydrogen) atoms. The van der Waals surface area contributed by atoms with Crippen molar-refractivity contribution < 1.29 is 0 Å². The molecule has 10 aromatic rings. The van der Waals surface area contributed by atoms with Gasteiger partial charge in [0.2, 0.25) is 0 Å². The summed E-state index contributed by atoms with van der Waals surface area (Å²) >= 11 is 0. The number of hydrogen-bond donors (Lipinski definition) is 0. The van der Waals surface area contributed by atoms with Gasteiger partial charge in [-0.05, 0) is 94.7 Å². The van der Waals surface area contributed by atoms with Gasteiger partial charge in [-0.1, -0.05) is 178 Å². The van der Waals surface area contributed by atoms with Crippen LogP contribution in [0.1, 0.15) is 25.0 Å². The highest BCUT2D eigenvalue weighted by Crippen LogP contribution is 2.52. The summed E-state index contributed by atoms with van der Waals surface area (Å²) in [6, 6.07) is 66.0. The van der Waals surface area contributed by atoms with E-state index in [2.05, 4.69) is 196 Å². The van der Waals surface area contributed by atoms with Gasteiger partial charge in [0.15, 0.2) is 5.82 Å². The molecule has 2 heteroatoms. The largest absolute Gasteiger partial charge is 0.228 e. The SMILES string of the molecule is CC1(C)c2cc(-c3ccc(-c4cc(-c5ccc6ccccc6c5)nc(-c5cccc6ccccc56)n4)c4ccccc34)ccc2-c2c1ccc1ccccc21. The Kier molecular flexibility index (Phi) is 6.93. The summed E-state index contributed by atoms with van der Waals surface area (Å²) in [5.41, 5.74) is 12.8. The van der Waals surface area contributed by atoms with Gasteiger partial charge >= 0.3 is 0 Å². The summed E-state index contributed by atoms with van der Waals surface area (Å²) in [5, 5.41) is 9.69. The minimum Gasteiger partial charge on any atom is -0.228 e. The van der Waals surface area contributed by atoms with E-state index in [1.165, 1.54) is 71.1 Å². The van der Waals surface area contributed by atoms with E-state index in [0.29, 0.717) is 0 Å². The van der Waals surface area contributed by atoms with E-state index in [-0.39, 0.29) is 5.41 Å². The highest BCUT2D eigenvalue weighted by molar-refractivity contribution is 6.07. The molecule has 1 aliphatic carbocycles. The van der Waals surface area contributed by atoms with Gasteiger partial charge in [0.1, 0.15) is 0 Å². The number of aromatic nitrogens is 2. The minimum atomic E-state index is -0.113. The second-order valence-corrected chi connectivity index (χ2v) is 15.4. The molecule has 0 N–H and O–H groups in total. The van der Waals surface area contributed by atoms with E-state index >= 15 is 0 Å². The van der Waals surface area contributed by atoms with Crippen molar-refractivity contribution in [3.05, 3.63) is 193 Å². The summed E-state index contributed by atoms with van der Waals surface area (Å²) < 4.78 is 0. The average molecular weight is 701 g/mol. The molecule has 9 aromatic carbocycles. The number of hydrogen-bond acceptors (Lipinski definition) is 2. The average Bonchev–Trinajstić information content (AvgIpc) is 3.48. The fourth-order valence-corrected chi connectivity index (χ4v) is 9.07. The minimum absolute atomic E-state index is 0.113. The van der Waals surface area contributed by atoms with Gasteiger partial charge in [0.05, 0.1) is 11.4 Å². The van der Waals surface area contributed by atoms with Crippen LogP contribution in [0.15, 0.2) is 182 Å². The van der Waals surface area contributed by atoms with E-state index in [1.54, 1.807) is 0 Å². The van der Waals surface area contributed by atoms with Crippen molar-refractivity contribution in [1.29, 1.82) is 0 Å². The Morgan fingerprint density at radius 2 is 0.927 bits per heavy atom. The van der Waals surface area contributed by atoms with Crippen molar-refractivity contribution in [3.8, 4) is 56.2 Å². The molecular formula is C53H36N2. The summed E-state index contributed by atoms with van der Waals surface area (Å²) in [7, 11) is 0. The lowest BCUT2D eigenvalue weighted by atomic mass is 9.81. The Labute approximate surface area is 320 Å². The fourth-order valence-electron chi connectivity index (χ4n) is 9.07. The maximum atomic E-state index is 5.37. The number of rotatable bonds is 4. The third-order valence-corrected chi connectivity index (χ3v) is 11.9. The van der Waals surface area contributed by atoms with Crippen LogP contribution in [0, 0.1) is 0 Å². The predicted molar refractivity (Wildman–Crippen MR) is 231 cm³/mol. The fraction of sp³-hybridized carbons (Fsp3) is 0.0566. The molecule has 0 bridgehead atoms. The van der Waals surface area contributed by atoms with Crippen molar-refractivity contribution in [2.24, 2.45) is 0 Å². The van der Waals surface area contributed by atoms with Crippen molar-refractivity contribution >= 4 is 43.1 Å². The van der Waals surface area contributed by atoms with Crippen LogP contribution in [0.25, 0.3) is 99.2 Å². The molecule has 1 aromatic heterocycles. The molecule has 1 aliphatic rings. The maximum absolute atomic E-state index is 5.37. The molecule has 0 atom stereocenters. The molecular weight excluding hydrogens is 665 g/mol. The molecule has 2 nitrogen and oxygen atoms in total. The van der Waals surface area contributed by atoms with Crippen molar-refractivity contribution in [2.45, 2.75) is 19.3 Å². The smallest absolute Gasteiger partial charge is 0.161 e. The Hall–Kier alpha value is -6.90. The van der Waals surface area contributed by atoms with Crippen LogP contribution in [0.5, 0.6) is 0 Å². The zero-order chi connectivity index (χ0) is 36.7. The number of benzene rings is 9. The highest BCUT2D eigenvalue weighted by atomic mass is 14.9. The first-order chi connectivity index (χ1) is 27.0. The quantitative estimate of drug-likeness (QED) is 0.183. The third-order valence-electron chi connectivity index (χ3n) is 11.9. The molecule has 0 aliphatic heterocycles. The van der Waals surface area contributed by atoms with Crippen LogP contribution in [0.3, 0.4) is 0 Å². The summed E-state index contributed by atoms with van der Waals surface area (Å²) in [6.45, 7) is 4.74. The lowest BCUT2D eigenvalue weighted by molar-refractivity contribution is 0.661. The van der Waals surface area contributed by atoms with Crippen LogP contribution >= 0.6 is 0 Å². The Bertz CT molecular complexity index is 3180.